The van der Waals surface area contributed by atoms with Gasteiger partial charge in [-0.3, -0.25) is 9.69 Å². The standard InChI is InChI=1S/C22H19NO3S/c1-25-20-10-6-5-9-19(20)22-23(21(24)15-27-22)16-11-13-18(14-12-16)26-17-7-3-2-4-8-17/h2-14,22H,15H2,1H3. The Kier molecular flexibility index (Phi) is 5.03. The minimum Gasteiger partial charge on any atom is -0.496 e. The summed E-state index contributed by atoms with van der Waals surface area (Å²) in [6.45, 7) is 0. The fourth-order valence-corrected chi connectivity index (χ4v) is 4.31. The first kappa shape index (κ1) is 17.5. The number of ether oxygens (including phenoxy) is 2. The monoisotopic (exact) mass is 377 g/mol. The van der Waals surface area contributed by atoms with Crippen molar-refractivity contribution in [2.24, 2.45) is 0 Å². The molecule has 0 bridgehead atoms. The van der Waals surface area contributed by atoms with Gasteiger partial charge in [-0.25, -0.2) is 0 Å². The van der Waals surface area contributed by atoms with Crippen LogP contribution in [0.25, 0.3) is 0 Å². The Morgan fingerprint density at radius 3 is 2.30 bits per heavy atom. The predicted octanol–water partition coefficient (Wildman–Crippen LogP) is 5.27. The van der Waals surface area contributed by atoms with Crippen LogP contribution in [0.3, 0.4) is 0 Å². The minimum atomic E-state index is -0.102. The lowest BCUT2D eigenvalue weighted by molar-refractivity contribution is -0.115. The molecule has 0 spiro atoms. The van der Waals surface area contributed by atoms with E-state index in [2.05, 4.69) is 0 Å². The molecular formula is C22H19NO3S. The molecule has 4 rings (SSSR count). The fraction of sp³-hybridized carbons (Fsp3) is 0.136. The van der Waals surface area contributed by atoms with Gasteiger partial charge >= 0.3 is 0 Å². The van der Waals surface area contributed by atoms with Crippen molar-refractivity contribution in [2.75, 3.05) is 17.8 Å². The van der Waals surface area contributed by atoms with Gasteiger partial charge in [0.05, 0.1) is 12.9 Å². The number of hydrogen-bond acceptors (Lipinski definition) is 4. The summed E-state index contributed by atoms with van der Waals surface area (Å²) in [5, 5.41) is -0.102. The number of rotatable bonds is 5. The molecule has 0 aliphatic carbocycles. The average molecular weight is 377 g/mol. The quantitative estimate of drug-likeness (QED) is 0.607. The van der Waals surface area contributed by atoms with Gasteiger partial charge in [-0.15, -0.1) is 11.8 Å². The summed E-state index contributed by atoms with van der Waals surface area (Å²) in [5.74, 6) is 2.85. The van der Waals surface area contributed by atoms with E-state index in [0.717, 1.165) is 28.5 Å². The summed E-state index contributed by atoms with van der Waals surface area (Å²) >= 11 is 1.61. The van der Waals surface area contributed by atoms with Crippen molar-refractivity contribution >= 4 is 23.4 Å². The van der Waals surface area contributed by atoms with Crippen LogP contribution >= 0.6 is 11.8 Å². The summed E-state index contributed by atoms with van der Waals surface area (Å²) in [4.78, 5) is 14.4. The van der Waals surface area contributed by atoms with Gasteiger partial charge in [0.1, 0.15) is 22.6 Å². The molecule has 4 nitrogen and oxygen atoms in total. The van der Waals surface area contributed by atoms with Crippen molar-refractivity contribution < 1.29 is 14.3 Å². The highest BCUT2D eigenvalue weighted by molar-refractivity contribution is 8.00. The van der Waals surface area contributed by atoms with E-state index < -0.39 is 0 Å². The van der Waals surface area contributed by atoms with Gasteiger partial charge in [0.2, 0.25) is 5.91 Å². The van der Waals surface area contributed by atoms with E-state index in [1.807, 2.05) is 83.8 Å². The third-order valence-corrected chi connectivity index (χ3v) is 5.56. The van der Waals surface area contributed by atoms with Gasteiger partial charge in [0, 0.05) is 11.3 Å². The zero-order chi connectivity index (χ0) is 18.6. The summed E-state index contributed by atoms with van der Waals surface area (Å²) < 4.78 is 11.3. The zero-order valence-electron chi connectivity index (χ0n) is 14.9. The predicted molar refractivity (Wildman–Crippen MR) is 109 cm³/mol. The molecule has 1 aliphatic heterocycles. The van der Waals surface area contributed by atoms with Crippen LogP contribution < -0.4 is 14.4 Å². The van der Waals surface area contributed by atoms with Crippen molar-refractivity contribution in [2.45, 2.75) is 5.37 Å². The van der Waals surface area contributed by atoms with Crippen LogP contribution in [0, 0.1) is 0 Å². The molecule has 136 valence electrons. The largest absolute Gasteiger partial charge is 0.496 e. The molecule has 0 N–H and O–H groups in total. The topological polar surface area (TPSA) is 38.8 Å². The normalized spacial score (nSPS) is 16.4. The maximum absolute atomic E-state index is 12.6. The first-order valence-corrected chi connectivity index (χ1v) is 9.70. The highest BCUT2D eigenvalue weighted by atomic mass is 32.2. The van der Waals surface area contributed by atoms with Crippen LogP contribution in [0.2, 0.25) is 0 Å². The minimum absolute atomic E-state index is 0.0904. The first-order chi connectivity index (χ1) is 13.3. The Hall–Kier alpha value is -2.92. The van der Waals surface area contributed by atoms with Gasteiger partial charge in [0.25, 0.3) is 0 Å². The van der Waals surface area contributed by atoms with Gasteiger partial charge in [0.15, 0.2) is 0 Å². The third kappa shape index (κ3) is 3.64. The number of carbonyl (C=O) groups excluding carboxylic acids is 1. The Bertz CT molecular complexity index is 928. The Morgan fingerprint density at radius 2 is 1.56 bits per heavy atom. The molecule has 0 radical (unpaired) electrons. The van der Waals surface area contributed by atoms with Crippen molar-refractivity contribution in [3.63, 3.8) is 0 Å². The molecule has 1 saturated heterocycles. The van der Waals surface area contributed by atoms with E-state index >= 15 is 0 Å². The lowest BCUT2D eigenvalue weighted by Gasteiger charge is -2.25. The SMILES string of the molecule is COc1ccccc1C1SCC(=O)N1c1ccc(Oc2ccccc2)cc1. The van der Waals surface area contributed by atoms with Crippen molar-refractivity contribution in [3.05, 3.63) is 84.4 Å². The van der Waals surface area contributed by atoms with Gasteiger partial charge in [-0.05, 0) is 42.5 Å². The number of para-hydroxylation sites is 2. The molecule has 1 fully saturated rings. The molecule has 0 saturated carbocycles. The first-order valence-electron chi connectivity index (χ1n) is 8.66. The molecule has 5 heteroatoms. The second-order valence-corrected chi connectivity index (χ2v) is 7.15. The van der Waals surface area contributed by atoms with Crippen LogP contribution in [-0.4, -0.2) is 18.8 Å². The maximum Gasteiger partial charge on any atom is 0.238 e. The molecule has 1 aliphatic rings. The lowest BCUT2D eigenvalue weighted by Crippen LogP contribution is -2.27. The highest BCUT2D eigenvalue weighted by Crippen LogP contribution is 2.45. The van der Waals surface area contributed by atoms with E-state index in [1.165, 1.54) is 0 Å². The lowest BCUT2D eigenvalue weighted by atomic mass is 10.1. The average Bonchev–Trinajstić information content (AvgIpc) is 3.10. The molecular weight excluding hydrogens is 358 g/mol. The Morgan fingerprint density at radius 1 is 0.889 bits per heavy atom. The molecule has 1 amide bonds. The second-order valence-electron chi connectivity index (χ2n) is 6.08. The van der Waals surface area contributed by atoms with E-state index in [-0.39, 0.29) is 11.3 Å². The van der Waals surface area contributed by atoms with E-state index in [9.17, 15) is 4.79 Å². The highest BCUT2D eigenvalue weighted by Gasteiger charge is 2.35. The van der Waals surface area contributed by atoms with Crippen LogP contribution in [0.15, 0.2) is 78.9 Å². The Labute approximate surface area is 162 Å². The van der Waals surface area contributed by atoms with Crippen molar-refractivity contribution in [1.29, 1.82) is 0 Å². The molecule has 1 heterocycles. The van der Waals surface area contributed by atoms with Crippen LogP contribution in [0.1, 0.15) is 10.9 Å². The van der Waals surface area contributed by atoms with Crippen LogP contribution in [-0.2, 0) is 4.79 Å². The van der Waals surface area contributed by atoms with Crippen LogP contribution in [0.5, 0.6) is 17.2 Å². The number of hydrogen-bond donors (Lipinski definition) is 0. The molecule has 1 unspecified atom stereocenters. The van der Waals surface area contributed by atoms with Crippen LogP contribution in [0.4, 0.5) is 5.69 Å². The van der Waals surface area contributed by atoms with Crippen molar-refractivity contribution in [1.82, 2.24) is 0 Å². The smallest absolute Gasteiger partial charge is 0.238 e. The van der Waals surface area contributed by atoms with E-state index in [1.54, 1.807) is 18.9 Å². The number of carbonyl (C=O) groups is 1. The van der Waals surface area contributed by atoms with Crippen molar-refractivity contribution in [3.8, 4) is 17.2 Å². The zero-order valence-corrected chi connectivity index (χ0v) is 15.7. The van der Waals surface area contributed by atoms with Gasteiger partial charge < -0.3 is 9.47 Å². The van der Waals surface area contributed by atoms with E-state index in [4.69, 9.17) is 9.47 Å². The van der Waals surface area contributed by atoms with Gasteiger partial charge in [-0.2, -0.15) is 0 Å². The Balaban J connectivity index is 1.60. The summed E-state index contributed by atoms with van der Waals surface area (Å²) in [7, 11) is 1.65. The number of benzene rings is 3. The molecule has 0 aromatic heterocycles. The number of nitrogens with zero attached hydrogens (tertiary/aromatic N) is 1. The summed E-state index contributed by atoms with van der Waals surface area (Å²) in [6, 6.07) is 25.1. The summed E-state index contributed by atoms with van der Waals surface area (Å²) in [5.41, 5.74) is 1.85. The molecule has 3 aromatic carbocycles. The van der Waals surface area contributed by atoms with E-state index in [0.29, 0.717) is 5.75 Å². The number of amides is 1. The fourth-order valence-electron chi connectivity index (χ4n) is 3.10. The number of thioether (sulfide) groups is 1. The summed E-state index contributed by atoms with van der Waals surface area (Å²) in [6.07, 6.45) is 0. The maximum atomic E-state index is 12.6. The molecule has 27 heavy (non-hydrogen) atoms. The van der Waals surface area contributed by atoms with Gasteiger partial charge in [-0.1, -0.05) is 36.4 Å². The number of anilines is 1. The number of methoxy groups -OCH3 is 1. The molecule has 1 atom stereocenters. The second kappa shape index (κ2) is 7.76. The third-order valence-electron chi connectivity index (χ3n) is 4.37. The molecule has 3 aromatic rings.